The Kier molecular flexibility index (Phi) is 4.66. The number of pyridine rings is 1. The van der Waals surface area contributed by atoms with Crippen LogP contribution in [0.4, 0.5) is 5.69 Å². The summed E-state index contributed by atoms with van der Waals surface area (Å²) >= 11 is 0. The minimum atomic E-state index is -0.304. The summed E-state index contributed by atoms with van der Waals surface area (Å²) in [5.41, 5.74) is 2.33. The molecular formula is C22H16N2O3. The van der Waals surface area contributed by atoms with Gasteiger partial charge in [0.05, 0.1) is 6.26 Å². The maximum Gasteiger partial charge on any atom is 0.292 e. The smallest absolute Gasteiger partial charge is 0.292 e. The third-order valence-electron chi connectivity index (χ3n) is 3.95. The molecule has 2 aromatic heterocycles. The van der Waals surface area contributed by atoms with Crippen LogP contribution in [0, 0.1) is 0 Å². The van der Waals surface area contributed by atoms with Crippen LogP contribution in [0.2, 0.25) is 0 Å². The van der Waals surface area contributed by atoms with Crippen LogP contribution in [0.1, 0.15) is 10.6 Å². The van der Waals surface area contributed by atoms with Gasteiger partial charge in [-0.3, -0.25) is 9.78 Å². The fraction of sp³-hybridized carbons (Fsp3) is 0. The third kappa shape index (κ3) is 3.88. The molecular weight excluding hydrogens is 340 g/mol. The van der Waals surface area contributed by atoms with Gasteiger partial charge in [-0.25, -0.2) is 0 Å². The van der Waals surface area contributed by atoms with Gasteiger partial charge in [0.2, 0.25) is 0 Å². The number of carbonyl (C=O) groups excluding carboxylic acids is 1. The largest absolute Gasteiger partial charge is 0.459 e. The molecule has 27 heavy (non-hydrogen) atoms. The van der Waals surface area contributed by atoms with Gasteiger partial charge < -0.3 is 14.5 Å². The number of rotatable bonds is 5. The van der Waals surface area contributed by atoms with Crippen molar-refractivity contribution in [1.82, 2.24) is 4.98 Å². The first-order chi connectivity index (χ1) is 13.3. The van der Waals surface area contributed by atoms with Crippen molar-refractivity contribution in [2.24, 2.45) is 0 Å². The van der Waals surface area contributed by atoms with Crippen LogP contribution >= 0.6 is 0 Å². The number of amides is 1. The van der Waals surface area contributed by atoms with E-state index in [1.807, 2.05) is 30.3 Å². The normalized spacial score (nSPS) is 10.4. The summed E-state index contributed by atoms with van der Waals surface area (Å²) < 4.78 is 11.1. The highest BCUT2D eigenvalue weighted by Crippen LogP contribution is 2.26. The van der Waals surface area contributed by atoms with Crippen molar-refractivity contribution in [3.8, 4) is 22.6 Å². The second-order valence-electron chi connectivity index (χ2n) is 5.79. The number of furan rings is 1. The van der Waals surface area contributed by atoms with Crippen molar-refractivity contribution in [2.75, 3.05) is 5.32 Å². The van der Waals surface area contributed by atoms with Crippen LogP contribution in [0.25, 0.3) is 11.1 Å². The number of nitrogens with zero attached hydrogens (tertiary/aromatic N) is 1. The summed E-state index contributed by atoms with van der Waals surface area (Å²) in [5, 5.41) is 2.85. The number of hydrogen-bond donors (Lipinski definition) is 1. The molecule has 5 nitrogen and oxygen atoms in total. The molecule has 2 heterocycles. The summed E-state index contributed by atoms with van der Waals surface area (Å²) in [6, 6.07) is 22.1. The molecule has 132 valence electrons. The number of carbonyl (C=O) groups is 1. The lowest BCUT2D eigenvalue weighted by molar-refractivity contribution is 0.0997. The molecule has 5 heteroatoms. The molecule has 0 atom stereocenters. The Balaban J connectivity index is 1.47. The van der Waals surface area contributed by atoms with E-state index >= 15 is 0 Å². The van der Waals surface area contributed by atoms with Gasteiger partial charge in [0.15, 0.2) is 5.76 Å². The zero-order valence-electron chi connectivity index (χ0n) is 14.3. The number of nitrogens with one attached hydrogen (secondary N) is 1. The van der Waals surface area contributed by atoms with Gasteiger partial charge in [0.25, 0.3) is 5.91 Å². The van der Waals surface area contributed by atoms with Crippen LogP contribution in [-0.4, -0.2) is 10.9 Å². The first kappa shape index (κ1) is 16.6. The maximum atomic E-state index is 12.6. The highest BCUT2D eigenvalue weighted by atomic mass is 16.5. The molecule has 1 N–H and O–H groups in total. The van der Waals surface area contributed by atoms with Crippen molar-refractivity contribution in [3.63, 3.8) is 0 Å². The third-order valence-corrected chi connectivity index (χ3v) is 3.95. The fourth-order valence-electron chi connectivity index (χ4n) is 2.67. The SMILES string of the molecule is O=C(Nc1ccc(Oc2ccncc2)cc1)c1occc1-c1ccccc1. The average Bonchev–Trinajstić information content (AvgIpc) is 3.21. The molecule has 4 rings (SSSR count). The maximum absolute atomic E-state index is 12.6. The minimum absolute atomic E-state index is 0.276. The molecule has 4 aromatic rings. The highest BCUT2D eigenvalue weighted by Gasteiger charge is 2.16. The molecule has 0 aliphatic carbocycles. The number of benzene rings is 2. The molecule has 0 radical (unpaired) electrons. The Morgan fingerprint density at radius 3 is 2.30 bits per heavy atom. The van der Waals surface area contributed by atoms with Crippen LogP contribution in [0.5, 0.6) is 11.5 Å². The van der Waals surface area contributed by atoms with Crippen LogP contribution in [0.15, 0.2) is 95.9 Å². The van der Waals surface area contributed by atoms with E-state index in [9.17, 15) is 4.79 Å². The number of ether oxygens (including phenoxy) is 1. The lowest BCUT2D eigenvalue weighted by Crippen LogP contribution is -2.11. The van der Waals surface area contributed by atoms with E-state index in [0.29, 0.717) is 17.2 Å². The van der Waals surface area contributed by atoms with Crippen molar-refractivity contribution >= 4 is 11.6 Å². The number of aromatic nitrogens is 1. The Labute approximate surface area is 156 Å². The van der Waals surface area contributed by atoms with Crippen molar-refractivity contribution in [3.05, 3.63) is 97.2 Å². The molecule has 0 aliphatic rings. The number of anilines is 1. The average molecular weight is 356 g/mol. The molecule has 0 saturated carbocycles. The molecule has 0 bridgehead atoms. The molecule has 0 fully saturated rings. The van der Waals surface area contributed by atoms with E-state index in [2.05, 4.69) is 10.3 Å². The summed E-state index contributed by atoms with van der Waals surface area (Å²) in [4.78, 5) is 16.6. The minimum Gasteiger partial charge on any atom is -0.459 e. The van der Waals surface area contributed by atoms with Gasteiger partial charge >= 0.3 is 0 Å². The zero-order valence-corrected chi connectivity index (χ0v) is 14.3. The van der Waals surface area contributed by atoms with Gasteiger partial charge in [-0.15, -0.1) is 0 Å². The topological polar surface area (TPSA) is 64.4 Å². The Bertz CT molecular complexity index is 1030. The van der Waals surface area contributed by atoms with Gasteiger partial charge in [-0.2, -0.15) is 0 Å². The van der Waals surface area contributed by atoms with Crippen molar-refractivity contribution < 1.29 is 13.9 Å². The second kappa shape index (κ2) is 7.58. The molecule has 0 aliphatic heterocycles. The molecule has 2 aromatic carbocycles. The molecule has 0 spiro atoms. The predicted octanol–water partition coefficient (Wildman–Crippen LogP) is 5.39. The zero-order chi connectivity index (χ0) is 18.5. The van der Waals surface area contributed by atoms with Crippen LogP contribution in [-0.2, 0) is 0 Å². The monoisotopic (exact) mass is 356 g/mol. The Hall–Kier alpha value is -3.86. The predicted molar refractivity (Wildman–Crippen MR) is 103 cm³/mol. The Morgan fingerprint density at radius 2 is 1.56 bits per heavy atom. The van der Waals surface area contributed by atoms with Crippen molar-refractivity contribution in [2.45, 2.75) is 0 Å². The van der Waals surface area contributed by atoms with Gasteiger partial charge in [-0.05, 0) is 48.0 Å². The Morgan fingerprint density at radius 1 is 0.852 bits per heavy atom. The summed E-state index contributed by atoms with van der Waals surface area (Å²) in [7, 11) is 0. The summed E-state index contributed by atoms with van der Waals surface area (Å²) in [5.74, 6) is 1.34. The lowest BCUT2D eigenvalue weighted by Gasteiger charge is -2.08. The fourth-order valence-corrected chi connectivity index (χ4v) is 2.67. The van der Waals surface area contributed by atoms with Crippen LogP contribution < -0.4 is 10.1 Å². The number of hydrogen-bond acceptors (Lipinski definition) is 4. The second-order valence-corrected chi connectivity index (χ2v) is 5.79. The van der Waals surface area contributed by atoms with E-state index in [1.165, 1.54) is 6.26 Å². The molecule has 0 unspecified atom stereocenters. The highest BCUT2D eigenvalue weighted by molar-refractivity contribution is 6.06. The molecule has 1 amide bonds. The van der Waals surface area contributed by atoms with Gasteiger partial charge in [0, 0.05) is 23.6 Å². The van der Waals surface area contributed by atoms with E-state index in [1.54, 1.807) is 54.9 Å². The van der Waals surface area contributed by atoms with E-state index in [4.69, 9.17) is 9.15 Å². The van der Waals surface area contributed by atoms with E-state index < -0.39 is 0 Å². The van der Waals surface area contributed by atoms with Crippen molar-refractivity contribution in [1.29, 1.82) is 0 Å². The summed E-state index contributed by atoms with van der Waals surface area (Å²) in [6.07, 6.45) is 4.85. The van der Waals surface area contributed by atoms with E-state index in [-0.39, 0.29) is 11.7 Å². The quantitative estimate of drug-likeness (QED) is 0.521. The first-order valence-corrected chi connectivity index (χ1v) is 8.42. The standard InChI is InChI=1S/C22H16N2O3/c25-22(21-20(12-15-26-21)16-4-2-1-3-5-16)24-17-6-8-18(9-7-17)27-19-10-13-23-14-11-19/h1-15H,(H,24,25). The molecule has 0 saturated heterocycles. The lowest BCUT2D eigenvalue weighted by atomic mass is 10.1. The first-order valence-electron chi connectivity index (χ1n) is 8.42. The van der Waals surface area contributed by atoms with Crippen LogP contribution in [0.3, 0.4) is 0 Å². The van der Waals surface area contributed by atoms with Gasteiger partial charge in [-0.1, -0.05) is 30.3 Å². The van der Waals surface area contributed by atoms with Gasteiger partial charge in [0.1, 0.15) is 11.5 Å². The summed E-state index contributed by atoms with van der Waals surface area (Å²) in [6.45, 7) is 0. The van der Waals surface area contributed by atoms with E-state index in [0.717, 1.165) is 11.1 Å².